The largest absolute Gasteiger partial charge is 0.466 e. The van der Waals surface area contributed by atoms with E-state index in [2.05, 4.69) is 17.6 Å². The van der Waals surface area contributed by atoms with Gasteiger partial charge in [0.1, 0.15) is 5.76 Å². The molecule has 0 aromatic carbocycles. The molecule has 0 radical (unpaired) electrons. The number of rotatable bonds is 7. The smallest absolute Gasteiger partial charge is 0.325 e. The monoisotopic (exact) mass is 279 g/mol. The third kappa shape index (κ3) is 2.70. The average Bonchev–Trinajstić information content (AvgIpc) is 3.02. The van der Waals surface area contributed by atoms with Gasteiger partial charge in [-0.15, -0.1) is 0 Å². The number of carbonyl (C=O) groups excluding carboxylic acids is 2. The number of nitrogens with one attached hydrogen (secondary N) is 2. The predicted molar refractivity (Wildman–Crippen MR) is 74.1 cm³/mol. The van der Waals surface area contributed by atoms with Crippen LogP contribution in [0.2, 0.25) is 0 Å². The van der Waals surface area contributed by atoms with Crippen molar-refractivity contribution >= 4 is 11.9 Å². The highest BCUT2D eigenvalue weighted by Crippen LogP contribution is 2.28. The molecule has 20 heavy (non-hydrogen) atoms. The lowest BCUT2D eigenvalue weighted by Gasteiger charge is -2.19. The van der Waals surface area contributed by atoms with Crippen LogP contribution in [0.15, 0.2) is 22.8 Å². The fourth-order valence-corrected chi connectivity index (χ4v) is 2.29. The molecule has 2 N–H and O–H groups in total. The van der Waals surface area contributed by atoms with Crippen LogP contribution in [-0.2, 0) is 10.3 Å². The summed E-state index contributed by atoms with van der Waals surface area (Å²) in [6, 6.07) is 3.05. The Morgan fingerprint density at radius 2 is 2.20 bits per heavy atom. The molecule has 1 aromatic heterocycles. The second-order valence-corrected chi connectivity index (χ2v) is 5.09. The van der Waals surface area contributed by atoms with E-state index >= 15 is 0 Å². The molecular formula is C14H21N3O3. The van der Waals surface area contributed by atoms with E-state index in [1.54, 1.807) is 19.1 Å². The highest BCUT2D eigenvalue weighted by Gasteiger charge is 2.50. The Labute approximate surface area is 118 Å². The Morgan fingerprint density at radius 1 is 1.40 bits per heavy atom. The molecule has 1 aliphatic heterocycles. The van der Waals surface area contributed by atoms with Crippen molar-refractivity contribution < 1.29 is 14.0 Å². The van der Waals surface area contributed by atoms with Crippen molar-refractivity contribution in [3.05, 3.63) is 24.2 Å². The molecule has 1 saturated heterocycles. The van der Waals surface area contributed by atoms with E-state index in [0.29, 0.717) is 12.3 Å². The van der Waals surface area contributed by atoms with Crippen LogP contribution in [0, 0.1) is 0 Å². The molecule has 0 aliphatic carbocycles. The lowest BCUT2D eigenvalue weighted by atomic mass is 9.99. The molecule has 2 heterocycles. The fraction of sp³-hybridized carbons (Fsp3) is 0.571. The Hall–Kier alpha value is -1.82. The van der Waals surface area contributed by atoms with Crippen LogP contribution >= 0.6 is 0 Å². The van der Waals surface area contributed by atoms with Crippen LogP contribution in [0.25, 0.3) is 0 Å². The van der Waals surface area contributed by atoms with Gasteiger partial charge in [-0.25, -0.2) is 4.79 Å². The first-order chi connectivity index (χ1) is 9.59. The van der Waals surface area contributed by atoms with Gasteiger partial charge in [0.05, 0.1) is 6.26 Å². The second kappa shape index (κ2) is 6.09. The minimum absolute atomic E-state index is 0.257. The highest BCUT2D eigenvalue weighted by atomic mass is 16.3. The molecule has 110 valence electrons. The first-order valence-electron chi connectivity index (χ1n) is 6.98. The zero-order valence-electron chi connectivity index (χ0n) is 11.9. The summed E-state index contributed by atoms with van der Waals surface area (Å²) in [4.78, 5) is 25.6. The summed E-state index contributed by atoms with van der Waals surface area (Å²) >= 11 is 0. The number of amides is 3. The van der Waals surface area contributed by atoms with E-state index in [4.69, 9.17) is 4.42 Å². The maximum atomic E-state index is 12.4. The molecule has 1 aromatic rings. The minimum Gasteiger partial charge on any atom is -0.466 e. The molecular weight excluding hydrogens is 258 g/mol. The molecule has 0 spiro atoms. The van der Waals surface area contributed by atoms with Gasteiger partial charge in [0.15, 0.2) is 5.54 Å². The Bertz CT molecular complexity index is 472. The first-order valence-corrected chi connectivity index (χ1v) is 6.98. The van der Waals surface area contributed by atoms with Gasteiger partial charge >= 0.3 is 6.03 Å². The quantitative estimate of drug-likeness (QED) is 0.585. The van der Waals surface area contributed by atoms with E-state index in [1.807, 2.05) is 0 Å². The van der Waals surface area contributed by atoms with Crippen molar-refractivity contribution in [1.29, 1.82) is 0 Å². The Morgan fingerprint density at radius 3 is 2.85 bits per heavy atom. The van der Waals surface area contributed by atoms with Crippen molar-refractivity contribution in [1.82, 2.24) is 15.5 Å². The maximum absolute atomic E-state index is 12.4. The number of hydrogen-bond acceptors (Lipinski definition) is 4. The molecule has 2 rings (SSSR count). The molecule has 6 nitrogen and oxygen atoms in total. The number of hydrogen-bond donors (Lipinski definition) is 2. The van der Waals surface area contributed by atoms with Crippen LogP contribution in [0.4, 0.5) is 4.79 Å². The second-order valence-electron chi connectivity index (χ2n) is 5.09. The summed E-state index contributed by atoms with van der Waals surface area (Å²) in [6.45, 7) is 5.92. The predicted octanol–water partition coefficient (Wildman–Crippen LogP) is 1.44. The zero-order chi connectivity index (χ0) is 14.6. The standard InChI is InChI=1S/C14H21N3O3/c1-3-7-15-8-5-9-17-12(18)14(2,16-13(17)19)11-6-4-10-20-11/h4,6,10,15H,3,5,7-9H2,1-2H3,(H,16,19). The van der Waals surface area contributed by atoms with E-state index < -0.39 is 5.54 Å². The number of nitrogens with zero attached hydrogens (tertiary/aromatic N) is 1. The van der Waals surface area contributed by atoms with Crippen molar-refractivity contribution in [2.45, 2.75) is 32.2 Å². The third-order valence-corrected chi connectivity index (χ3v) is 3.45. The summed E-state index contributed by atoms with van der Waals surface area (Å²) in [7, 11) is 0. The Balaban J connectivity index is 1.95. The van der Waals surface area contributed by atoms with Crippen molar-refractivity contribution in [3.8, 4) is 0 Å². The van der Waals surface area contributed by atoms with Crippen LogP contribution in [0.3, 0.4) is 0 Å². The van der Waals surface area contributed by atoms with Gasteiger partial charge in [0.25, 0.3) is 5.91 Å². The molecule has 1 unspecified atom stereocenters. The molecule has 1 aliphatic rings. The molecule has 1 atom stereocenters. The first kappa shape index (κ1) is 14.6. The van der Waals surface area contributed by atoms with E-state index in [9.17, 15) is 9.59 Å². The number of carbonyl (C=O) groups is 2. The van der Waals surface area contributed by atoms with Crippen LogP contribution in [0.1, 0.15) is 32.4 Å². The van der Waals surface area contributed by atoms with Crippen LogP contribution in [-0.4, -0.2) is 36.5 Å². The van der Waals surface area contributed by atoms with Crippen LogP contribution in [0.5, 0.6) is 0 Å². The van der Waals surface area contributed by atoms with Crippen molar-refractivity contribution in [3.63, 3.8) is 0 Å². The van der Waals surface area contributed by atoms with E-state index in [-0.39, 0.29) is 11.9 Å². The van der Waals surface area contributed by atoms with Gasteiger partial charge in [-0.2, -0.15) is 0 Å². The lowest BCUT2D eigenvalue weighted by Crippen LogP contribution is -2.40. The SMILES string of the molecule is CCCNCCCN1C(=O)NC(C)(c2ccco2)C1=O. The summed E-state index contributed by atoms with van der Waals surface area (Å²) in [6.07, 6.45) is 3.31. The summed E-state index contributed by atoms with van der Waals surface area (Å²) in [5.74, 6) is 0.204. The highest BCUT2D eigenvalue weighted by molar-refractivity contribution is 6.06. The number of furan rings is 1. The summed E-state index contributed by atoms with van der Waals surface area (Å²) < 4.78 is 5.27. The van der Waals surface area contributed by atoms with Gasteiger partial charge in [-0.1, -0.05) is 6.92 Å². The molecule has 1 fully saturated rings. The van der Waals surface area contributed by atoms with Gasteiger partial charge in [-0.3, -0.25) is 9.69 Å². The van der Waals surface area contributed by atoms with Gasteiger partial charge in [0.2, 0.25) is 0 Å². The van der Waals surface area contributed by atoms with Crippen LogP contribution < -0.4 is 10.6 Å². The topological polar surface area (TPSA) is 74.6 Å². The minimum atomic E-state index is -1.09. The molecule has 0 saturated carbocycles. The fourth-order valence-electron chi connectivity index (χ4n) is 2.29. The van der Waals surface area contributed by atoms with Crippen molar-refractivity contribution in [2.24, 2.45) is 0 Å². The van der Waals surface area contributed by atoms with E-state index in [1.165, 1.54) is 11.2 Å². The van der Waals surface area contributed by atoms with E-state index in [0.717, 1.165) is 25.9 Å². The van der Waals surface area contributed by atoms with Gasteiger partial charge in [0, 0.05) is 6.54 Å². The average molecular weight is 279 g/mol. The number of imide groups is 1. The third-order valence-electron chi connectivity index (χ3n) is 3.45. The Kier molecular flexibility index (Phi) is 4.44. The normalized spacial score (nSPS) is 22.4. The van der Waals surface area contributed by atoms with Gasteiger partial charge < -0.3 is 15.1 Å². The summed E-state index contributed by atoms with van der Waals surface area (Å²) in [5, 5.41) is 5.96. The molecule has 3 amide bonds. The molecule has 6 heteroatoms. The lowest BCUT2D eigenvalue weighted by molar-refractivity contribution is -0.131. The zero-order valence-corrected chi connectivity index (χ0v) is 11.9. The summed E-state index contributed by atoms with van der Waals surface area (Å²) in [5.41, 5.74) is -1.09. The maximum Gasteiger partial charge on any atom is 0.325 e. The van der Waals surface area contributed by atoms with Crippen molar-refractivity contribution in [2.75, 3.05) is 19.6 Å². The number of urea groups is 1. The van der Waals surface area contributed by atoms with Gasteiger partial charge in [-0.05, 0) is 45.0 Å². The molecule has 0 bridgehead atoms.